The Morgan fingerprint density at radius 3 is 2.42 bits per heavy atom. The van der Waals surface area contributed by atoms with E-state index < -0.39 is 0 Å². The molecule has 0 atom stereocenters. The molecule has 0 unspecified atom stereocenters. The van der Waals surface area contributed by atoms with Gasteiger partial charge in [0.25, 0.3) is 0 Å². The smallest absolute Gasteiger partial charge is 0.0491 e. The Labute approximate surface area is 143 Å². The summed E-state index contributed by atoms with van der Waals surface area (Å²) < 4.78 is 0. The van der Waals surface area contributed by atoms with Crippen molar-refractivity contribution in [3.8, 4) is 12.3 Å². The van der Waals surface area contributed by atoms with Crippen LogP contribution in [0, 0.1) is 12.3 Å². The standard InChI is InChI=1S/C23H21N/c1-4-6-7-13-19(5-2)24(3)23-17-18-12-8-9-14-20(18)21-15-10-11-16-22(21)23/h1,5-12,14-17H,13H2,2-3H3/b7-6-,19-5+. The van der Waals surface area contributed by atoms with Crippen molar-refractivity contribution in [1.29, 1.82) is 0 Å². The first-order valence-corrected chi connectivity index (χ1v) is 8.16. The lowest BCUT2D eigenvalue weighted by Gasteiger charge is -2.24. The third-order valence-electron chi connectivity index (χ3n) is 4.41. The van der Waals surface area contributed by atoms with E-state index >= 15 is 0 Å². The fraction of sp³-hybridized carbons (Fsp3) is 0.130. The molecule has 3 aromatic carbocycles. The van der Waals surface area contributed by atoms with Crippen molar-refractivity contribution in [3.63, 3.8) is 0 Å². The molecule has 3 rings (SSSR count). The van der Waals surface area contributed by atoms with Crippen molar-refractivity contribution >= 4 is 27.2 Å². The molecular weight excluding hydrogens is 290 g/mol. The molecule has 0 N–H and O–H groups in total. The van der Waals surface area contributed by atoms with E-state index in [0.717, 1.165) is 6.42 Å². The largest absolute Gasteiger partial charge is 0.348 e. The summed E-state index contributed by atoms with van der Waals surface area (Å²) in [6.45, 7) is 2.07. The third kappa shape index (κ3) is 2.92. The quantitative estimate of drug-likeness (QED) is 0.427. The number of benzene rings is 3. The van der Waals surface area contributed by atoms with Crippen LogP contribution in [0.4, 0.5) is 5.69 Å². The zero-order chi connectivity index (χ0) is 16.9. The molecule has 0 aliphatic heterocycles. The second-order valence-corrected chi connectivity index (χ2v) is 5.77. The predicted molar refractivity (Wildman–Crippen MR) is 106 cm³/mol. The minimum Gasteiger partial charge on any atom is -0.348 e. The predicted octanol–water partition coefficient (Wildman–Crippen LogP) is 5.91. The molecule has 0 heterocycles. The Balaban J connectivity index is 2.17. The third-order valence-corrected chi connectivity index (χ3v) is 4.41. The first kappa shape index (κ1) is 15.9. The van der Waals surface area contributed by atoms with Gasteiger partial charge in [-0.3, -0.25) is 0 Å². The van der Waals surface area contributed by atoms with Crippen LogP contribution in [0.5, 0.6) is 0 Å². The molecule has 118 valence electrons. The van der Waals surface area contributed by atoms with Crippen molar-refractivity contribution < 1.29 is 0 Å². The van der Waals surface area contributed by atoms with Gasteiger partial charge in [-0.1, -0.05) is 66.6 Å². The Kier molecular flexibility index (Phi) is 4.68. The first-order valence-electron chi connectivity index (χ1n) is 8.16. The van der Waals surface area contributed by atoms with E-state index in [1.54, 1.807) is 6.08 Å². The molecule has 1 heteroatoms. The maximum atomic E-state index is 5.31. The zero-order valence-electron chi connectivity index (χ0n) is 14.2. The van der Waals surface area contributed by atoms with Gasteiger partial charge in [0.2, 0.25) is 0 Å². The Morgan fingerprint density at radius 2 is 1.71 bits per heavy atom. The van der Waals surface area contributed by atoms with Crippen molar-refractivity contribution in [1.82, 2.24) is 0 Å². The minimum absolute atomic E-state index is 0.818. The van der Waals surface area contributed by atoms with Gasteiger partial charge in [0, 0.05) is 30.2 Å². The summed E-state index contributed by atoms with van der Waals surface area (Å²) in [6.07, 6.45) is 12.1. The fourth-order valence-corrected chi connectivity index (χ4v) is 3.16. The molecule has 0 aliphatic rings. The summed E-state index contributed by atoms with van der Waals surface area (Å²) in [5.74, 6) is 2.55. The normalized spacial score (nSPS) is 12.0. The van der Waals surface area contributed by atoms with Crippen LogP contribution in [0.3, 0.4) is 0 Å². The van der Waals surface area contributed by atoms with Crippen LogP contribution in [-0.4, -0.2) is 7.05 Å². The van der Waals surface area contributed by atoms with Gasteiger partial charge in [-0.2, -0.15) is 0 Å². The number of hydrogen-bond donors (Lipinski definition) is 0. The molecule has 1 nitrogen and oxygen atoms in total. The van der Waals surface area contributed by atoms with Crippen molar-refractivity contribution in [2.24, 2.45) is 0 Å². The van der Waals surface area contributed by atoms with E-state index in [1.165, 1.54) is 32.9 Å². The molecule has 0 spiro atoms. The lowest BCUT2D eigenvalue weighted by atomic mass is 9.99. The molecule has 0 bridgehead atoms. The second kappa shape index (κ2) is 7.06. The number of allylic oxidation sites excluding steroid dienone is 3. The molecule has 0 fully saturated rings. The number of anilines is 1. The van der Waals surface area contributed by atoms with Gasteiger partial charge >= 0.3 is 0 Å². The van der Waals surface area contributed by atoms with Gasteiger partial charge < -0.3 is 4.90 Å². The number of rotatable bonds is 4. The van der Waals surface area contributed by atoms with Crippen molar-refractivity contribution in [2.45, 2.75) is 13.3 Å². The molecular formula is C23H21N. The molecule has 24 heavy (non-hydrogen) atoms. The Morgan fingerprint density at radius 1 is 1.04 bits per heavy atom. The molecule has 0 saturated carbocycles. The zero-order valence-corrected chi connectivity index (χ0v) is 14.2. The summed E-state index contributed by atoms with van der Waals surface area (Å²) in [4.78, 5) is 2.26. The summed E-state index contributed by atoms with van der Waals surface area (Å²) in [6, 6.07) is 19.4. The SMILES string of the molecule is C#C/C=C\C/C(=C\C)N(C)c1cc2ccccc2c2ccccc12. The van der Waals surface area contributed by atoms with Gasteiger partial charge in [-0.05, 0) is 35.2 Å². The average Bonchev–Trinajstić information content (AvgIpc) is 2.64. The van der Waals surface area contributed by atoms with E-state index in [0.29, 0.717) is 0 Å². The first-order chi connectivity index (χ1) is 11.8. The molecule has 3 aromatic rings. The fourth-order valence-electron chi connectivity index (χ4n) is 3.16. The monoisotopic (exact) mass is 311 g/mol. The van der Waals surface area contributed by atoms with Gasteiger partial charge in [-0.15, -0.1) is 6.42 Å². The van der Waals surface area contributed by atoms with Crippen LogP contribution in [0.25, 0.3) is 21.5 Å². The topological polar surface area (TPSA) is 3.24 Å². The van der Waals surface area contributed by atoms with Crippen molar-refractivity contribution in [2.75, 3.05) is 11.9 Å². The van der Waals surface area contributed by atoms with E-state index in [2.05, 4.69) is 85.5 Å². The maximum Gasteiger partial charge on any atom is 0.0491 e. The van der Waals surface area contributed by atoms with Crippen LogP contribution >= 0.6 is 0 Å². The maximum absolute atomic E-state index is 5.31. The van der Waals surface area contributed by atoms with Crippen LogP contribution in [0.2, 0.25) is 0 Å². The van der Waals surface area contributed by atoms with Crippen LogP contribution < -0.4 is 4.90 Å². The van der Waals surface area contributed by atoms with Gasteiger partial charge in [-0.25, -0.2) is 0 Å². The molecule has 0 amide bonds. The van der Waals surface area contributed by atoms with Crippen LogP contribution in [-0.2, 0) is 0 Å². The van der Waals surface area contributed by atoms with E-state index in [1.807, 2.05) is 6.08 Å². The molecule has 0 radical (unpaired) electrons. The van der Waals surface area contributed by atoms with E-state index in [-0.39, 0.29) is 0 Å². The highest BCUT2D eigenvalue weighted by Gasteiger charge is 2.11. The highest BCUT2D eigenvalue weighted by molar-refractivity contribution is 6.13. The Bertz CT molecular complexity index is 970. The van der Waals surface area contributed by atoms with Gasteiger partial charge in [0.05, 0.1) is 0 Å². The van der Waals surface area contributed by atoms with Gasteiger partial charge in [0.1, 0.15) is 0 Å². The molecule has 0 aliphatic carbocycles. The van der Waals surface area contributed by atoms with Crippen LogP contribution in [0.1, 0.15) is 13.3 Å². The minimum atomic E-state index is 0.818. The summed E-state index contributed by atoms with van der Waals surface area (Å²) >= 11 is 0. The molecule has 0 aromatic heterocycles. The van der Waals surface area contributed by atoms with E-state index in [4.69, 9.17) is 6.42 Å². The summed E-state index contributed by atoms with van der Waals surface area (Å²) in [7, 11) is 2.12. The highest BCUT2D eigenvalue weighted by atomic mass is 15.1. The highest BCUT2D eigenvalue weighted by Crippen LogP contribution is 2.35. The summed E-state index contributed by atoms with van der Waals surface area (Å²) in [5, 5.41) is 5.10. The van der Waals surface area contributed by atoms with Gasteiger partial charge in [0.15, 0.2) is 0 Å². The summed E-state index contributed by atoms with van der Waals surface area (Å²) in [5.41, 5.74) is 2.44. The van der Waals surface area contributed by atoms with E-state index in [9.17, 15) is 0 Å². The Hall–Kier alpha value is -2.98. The molecule has 0 saturated heterocycles. The number of fused-ring (bicyclic) bond motifs is 3. The number of nitrogens with zero attached hydrogens (tertiary/aromatic N) is 1. The lowest BCUT2D eigenvalue weighted by molar-refractivity contribution is 1.03. The lowest BCUT2D eigenvalue weighted by Crippen LogP contribution is -2.16. The second-order valence-electron chi connectivity index (χ2n) is 5.77. The number of hydrogen-bond acceptors (Lipinski definition) is 1. The van der Waals surface area contributed by atoms with Crippen molar-refractivity contribution in [3.05, 3.63) is 78.5 Å². The average molecular weight is 311 g/mol. The van der Waals surface area contributed by atoms with Crippen LogP contribution in [0.15, 0.2) is 78.5 Å². The number of terminal acetylenes is 1.